The van der Waals surface area contributed by atoms with Gasteiger partial charge in [-0.2, -0.15) is 0 Å². The Kier molecular flexibility index (Phi) is 7.54. The topological polar surface area (TPSA) is 98.3 Å². The standard InChI is InChI=1S/C25H24N2O4/c28-23(20-14-8-3-9-15-20)26-21(16-18-10-4-1-5-11-18)24(29)27-22(25(30)31)17-19-12-6-2-7-13-19/h1-15,21-22H,16-17H2,(H,26,28)(H,27,29)(H,30,31)/p-1/t21-,22+/m1/s1. The summed E-state index contributed by atoms with van der Waals surface area (Å²) in [6, 6.07) is 24.5. The van der Waals surface area contributed by atoms with Crippen LogP contribution in [-0.4, -0.2) is 29.9 Å². The Morgan fingerprint density at radius 2 is 1.10 bits per heavy atom. The van der Waals surface area contributed by atoms with Gasteiger partial charge in [0, 0.05) is 12.0 Å². The molecule has 31 heavy (non-hydrogen) atoms. The molecule has 0 aromatic heterocycles. The van der Waals surface area contributed by atoms with E-state index in [1.807, 2.05) is 36.4 Å². The zero-order chi connectivity index (χ0) is 22.1. The molecule has 0 saturated heterocycles. The van der Waals surface area contributed by atoms with Gasteiger partial charge in [0.25, 0.3) is 5.91 Å². The van der Waals surface area contributed by atoms with Gasteiger partial charge in [-0.25, -0.2) is 0 Å². The summed E-state index contributed by atoms with van der Waals surface area (Å²) in [5, 5.41) is 16.9. The average molecular weight is 415 g/mol. The Bertz CT molecular complexity index is 1010. The lowest BCUT2D eigenvalue weighted by molar-refractivity contribution is -0.308. The number of carboxylic acid groups (broad SMARTS) is 1. The number of hydrogen-bond donors (Lipinski definition) is 2. The van der Waals surface area contributed by atoms with Crippen LogP contribution in [0.1, 0.15) is 21.5 Å². The molecular weight excluding hydrogens is 392 g/mol. The van der Waals surface area contributed by atoms with E-state index in [2.05, 4.69) is 10.6 Å². The van der Waals surface area contributed by atoms with E-state index >= 15 is 0 Å². The molecule has 158 valence electrons. The predicted molar refractivity (Wildman–Crippen MR) is 115 cm³/mol. The third kappa shape index (κ3) is 6.54. The maximum atomic E-state index is 13.0. The Balaban J connectivity index is 1.76. The van der Waals surface area contributed by atoms with Gasteiger partial charge < -0.3 is 20.5 Å². The van der Waals surface area contributed by atoms with Crippen LogP contribution in [-0.2, 0) is 22.4 Å². The van der Waals surface area contributed by atoms with Crippen LogP contribution in [0.2, 0.25) is 0 Å². The number of carboxylic acids is 1. The quantitative estimate of drug-likeness (QED) is 0.553. The van der Waals surface area contributed by atoms with Crippen molar-refractivity contribution in [1.29, 1.82) is 0 Å². The molecule has 2 amide bonds. The van der Waals surface area contributed by atoms with Crippen molar-refractivity contribution in [2.45, 2.75) is 24.9 Å². The van der Waals surface area contributed by atoms with E-state index in [9.17, 15) is 19.5 Å². The molecule has 3 aromatic rings. The molecule has 2 atom stereocenters. The van der Waals surface area contributed by atoms with E-state index in [-0.39, 0.29) is 12.8 Å². The largest absolute Gasteiger partial charge is 0.548 e. The van der Waals surface area contributed by atoms with E-state index < -0.39 is 29.9 Å². The summed E-state index contributed by atoms with van der Waals surface area (Å²) in [4.78, 5) is 37.3. The van der Waals surface area contributed by atoms with E-state index in [4.69, 9.17) is 0 Å². The van der Waals surface area contributed by atoms with Gasteiger partial charge in [0.05, 0.1) is 12.0 Å². The van der Waals surface area contributed by atoms with Crippen molar-refractivity contribution >= 4 is 17.8 Å². The number of hydrogen-bond acceptors (Lipinski definition) is 4. The van der Waals surface area contributed by atoms with E-state index in [1.165, 1.54) is 0 Å². The molecule has 0 radical (unpaired) electrons. The molecule has 0 fully saturated rings. The summed E-state index contributed by atoms with van der Waals surface area (Å²) in [5.74, 6) is -2.38. The first-order valence-electron chi connectivity index (χ1n) is 9.98. The highest BCUT2D eigenvalue weighted by atomic mass is 16.4. The fourth-order valence-corrected chi connectivity index (χ4v) is 3.21. The van der Waals surface area contributed by atoms with Crippen molar-refractivity contribution in [3.8, 4) is 0 Å². The second-order valence-corrected chi connectivity index (χ2v) is 7.15. The maximum absolute atomic E-state index is 13.0. The molecular formula is C25H23N2O4-. The van der Waals surface area contributed by atoms with Crippen molar-refractivity contribution in [2.75, 3.05) is 0 Å². The minimum atomic E-state index is -1.38. The zero-order valence-electron chi connectivity index (χ0n) is 16.9. The van der Waals surface area contributed by atoms with Crippen molar-refractivity contribution in [1.82, 2.24) is 10.6 Å². The second-order valence-electron chi connectivity index (χ2n) is 7.15. The Morgan fingerprint density at radius 3 is 1.58 bits per heavy atom. The van der Waals surface area contributed by atoms with Gasteiger partial charge >= 0.3 is 0 Å². The van der Waals surface area contributed by atoms with Crippen LogP contribution in [0.5, 0.6) is 0 Å². The first-order valence-corrected chi connectivity index (χ1v) is 9.98. The summed E-state index contributed by atoms with van der Waals surface area (Å²) < 4.78 is 0. The van der Waals surface area contributed by atoms with Crippen LogP contribution in [0.15, 0.2) is 91.0 Å². The summed E-state index contributed by atoms with van der Waals surface area (Å²) >= 11 is 0. The van der Waals surface area contributed by atoms with Crippen LogP contribution in [0.4, 0.5) is 0 Å². The normalized spacial score (nSPS) is 12.4. The number of nitrogens with one attached hydrogen (secondary N) is 2. The van der Waals surface area contributed by atoms with Gasteiger partial charge in [-0.05, 0) is 29.7 Å². The number of rotatable bonds is 9. The molecule has 3 aromatic carbocycles. The summed E-state index contributed by atoms with van der Waals surface area (Å²) in [6.07, 6.45) is 0.302. The zero-order valence-corrected chi connectivity index (χ0v) is 16.9. The third-order valence-electron chi connectivity index (χ3n) is 4.82. The summed E-state index contributed by atoms with van der Waals surface area (Å²) in [5.41, 5.74) is 2.00. The van der Waals surface area contributed by atoms with E-state index in [1.54, 1.807) is 54.6 Å². The van der Waals surface area contributed by atoms with Crippen molar-refractivity contribution in [3.63, 3.8) is 0 Å². The minimum absolute atomic E-state index is 0.0829. The molecule has 0 aliphatic rings. The summed E-state index contributed by atoms with van der Waals surface area (Å²) in [6.45, 7) is 0. The number of aliphatic carboxylic acids is 1. The smallest absolute Gasteiger partial charge is 0.251 e. The lowest BCUT2D eigenvalue weighted by Gasteiger charge is -2.24. The molecule has 6 nitrogen and oxygen atoms in total. The molecule has 0 heterocycles. The van der Waals surface area contributed by atoms with Crippen LogP contribution in [0.3, 0.4) is 0 Å². The number of carbonyl (C=O) groups is 3. The van der Waals surface area contributed by atoms with Crippen molar-refractivity contribution in [2.24, 2.45) is 0 Å². The van der Waals surface area contributed by atoms with Crippen LogP contribution < -0.4 is 15.7 Å². The van der Waals surface area contributed by atoms with E-state index in [0.29, 0.717) is 5.56 Å². The highest BCUT2D eigenvalue weighted by molar-refractivity contribution is 5.98. The number of carbonyl (C=O) groups excluding carboxylic acids is 3. The molecule has 0 aliphatic heterocycles. The van der Waals surface area contributed by atoms with E-state index in [0.717, 1.165) is 11.1 Å². The monoisotopic (exact) mass is 415 g/mol. The van der Waals surface area contributed by atoms with Crippen molar-refractivity contribution in [3.05, 3.63) is 108 Å². The fraction of sp³-hybridized carbons (Fsp3) is 0.160. The van der Waals surface area contributed by atoms with Gasteiger partial charge in [-0.3, -0.25) is 9.59 Å². The molecule has 0 spiro atoms. The van der Waals surface area contributed by atoms with Gasteiger partial charge in [0.1, 0.15) is 6.04 Å². The molecule has 0 aliphatic carbocycles. The highest BCUT2D eigenvalue weighted by Gasteiger charge is 2.25. The molecule has 0 bridgehead atoms. The molecule has 3 rings (SSSR count). The van der Waals surface area contributed by atoms with Crippen molar-refractivity contribution < 1.29 is 19.5 Å². The average Bonchev–Trinajstić information content (AvgIpc) is 2.80. The predicted octanol–water partition coefficient (Wildman–Crippen LogP) is 1.51. The lowest BCUT2D eigenvalue weighted by Crippen LogP contribution is -2.55. The third-order valence-corrected chi connectivity index (χ3v) is 4.82. The first-order chi connectivity index (χ1) is 15.0. The molecule has 2 N–H and O–H groups in total. The molecule has 0 unspecified atom stereocenters. The van der Waals surface area contributed by atoms with Gasteiger partial charge in [0.15, 0.2) is 0 Å². The molecule has 0 saturated carbocycles. The fourth-order valence-electron chi connectivity index (χ4n) is 3.21. The van der Waals surface area contributed by atoms with Gasteiger partial charge in [-0.1, -0.05) is 78.9 Å². The van der Waals surface area contributed by atoms with Crippen LogP contribution in [0.25, 0.3) is 0 Å². The molecule has 6 heteroatoms. The first kappa shape index (κ1) is 21.8. The number of amides is 2. The van der Waals surface area contributed by atoms with Crippen LogP contribution in [0, 0.1) is 0 Å². The Hall–Kier alpha value is -3.93. The van der Waals surface area contributed by atoms with Gasteiger partial charge in [-0.15, -0.1) is 0 Å². The Labute approximate surface area is 180 Å². The lowest BCUT2D eigenvalue weighted by atomic mass is 10.0. The number of benzene rings is 3. The van der Waals surface area contributed by atoms with Gasteiger partial charge in [0.2, 0.25) is 5.91 Å². The minimum Gasteiger partial charge on any atom is -0.548 e. The highest BCUT2D eigenvalue weighted by Crippen LogP contribution is 2.08. The summed E-state index contributed by atoms with van der Waals surface area (Å²) in [7, 11) is 0. The second kappa shape index (κ2) is 10.7. The Morgan fingerprint density at radius 1 is 0.645 bits per heavy atom. The van der Waals surface area contributed by atoms with Crippen LogP contribution >= 0.6 is 0 Å². The SMILES string of the molecule is O=C(N[C@H](Cc1ccccc1)C(=O)N[C@@H](Cc1ccccc1)C(=O)[O-])c1ccccc1. The maximum Gasteiger partial charge on any atom is 0.251 e.